The second kappa shape index (κ2) is 11.4. The van der Waals surface area contributed by atoms with E-state index in [1.54, 1.807) is 29.0 Å². The van der Waals surface area contributed by atoms with E-state index in [9.17, 15) is 9.59 Å². The Balaban J connectivity index is 1.78. The molecule has 0 saturated carbocycles. The van der Waals surface area contributed by atoms with Crippen LogP contribution in [0.15, 0.2) is 47.5 Å². The summed E-state index contributed by atoms with van der Waals surface area (Å²) < 4.78 is 17.6. The van der Waals surface area contributed by atoms with Crippen LogP contribution >= 0.6 is 0 Å². The molecule has 11 nitrogen and oxygen atoms in total. The molecule has 5 N–H and O–H groups in total. The molecule has 0 amide bonds. The molecule has 0 aliphatic carbocycles. The summed E-state index contributed by atoms with van der Waals surface area (Å²) >= 11 is 0. The van der Waals surface area contributed by atoms with Crippen LogP contribution in [-0.2, 0) is 13.0 Å². The highest BCUT2D eigenvalue weighted by Crippen LogP contribution is 2.33. The van der Waals surface area contributed by atoms with Crippen LogP contribution in [0.2, 0.25) is 0 Å². The lowest BCUT2D eigenvalue weighted by Crippen LogP contribution is -2.16. The molecule has 0 fully saturated rings. The number of ether oxygens (including phenoxy) is 3. The van der Waals surface area contributed by atoms with E-state index in [-0.39, 0.29) is 17.5 Å². The number of nitrogens with two attached hydrogens (primary N) is 2. The summed E-state index contributed by atoms with van der Waals surface area (Å²) in [6.45, 7) is 2.52. The van der Waals surface area contributed by atoms with Gasteiger partial charge in [0.1, 0.15) is 5.82 Å². The summed E-state index contributed by atoms with van der Waals surface area (Å²) in [7, 11) is 3.07. The Labute approximate surface area is 224 Å². The smallest absolute Gasteiger partial charge is 0.493 e. The number of carboxylic acid groups (broad SMARTS) is 1. The summed E-state index contributed by atoms with van der Waals surface area (Å²) in [5.74, 6) is 7.38. The number of hydrogen-bond acceptors (Lipinski definition) is 9. The highest BCUT2D eigenvalue weighted by Gasteiger charge is 2.15. The summed E-state index contributed by atoms with van der Waals surface area (Å²) in [5, 5.41) is 9.32. The zero-order chi connectivity index (χ0) is 28.1. The van der Waals surface area contributed by atoms with Crippen molar-refractivity contribution in [3.05, 3.63) is 75.2 Å². The molecule has 11 heteroatoms. The van der Waals surface area contributed by atoms with E-state index in [2.05, 4.69) is 21.8 Å². The van der Waals surface area contributed by atoms with Gasteiger partial charge in [0.2, 0.25) is 11.4 Å². The predicted molar refractivity (Wildman–Crippen MR) is 146 cm³/mol. The number of fused-ring (bicyclic) bond motifs is 1. The maximum absolute atomic E-state index is 12.8. The number of rotatable bonds is 7. The first-order valence-electron chi connectivity index (χ1n) is 12.0. The van der Waals surface area contributed by atoms with Crippen molar-refractivity contribution < 1.29 is 24.1 Å². The highest BCUT2D eigenvalue weighted by atomic mass is 16.7. The van der Waals surface area contributed by atoms with E-state index in [0.29, 0.717) is 52.1 Å². The minimum Gasteiger partial charge on any atom is -0.493 e. The molecule has 2 heterocycles. The number of benzene rings is 2. The molecule has 0 spiro atoms. The van der Waals surface area contributed by atoms with Crippen LogP contribution < -0.4 is 31.1 Å². The molecular weight excluding hydrogens is 502 g/mol. The van der Waals surface area contributed by atoms with E-state index in [1.165, 1.54) is 20.4 Å². The number of aryl methyl sites for hydroxylation is 1. The molecule has 0 saturated heterocycles. The highest BCUT2D eigenvalue weighted by molar-refractivity contribution is 5.82. The second-order valence-electron chi connectivity index (χ2n) is 8.56. The van der Waals surface area contributed by atoms with Crippen molar-refractivity contribution in [3.63, 3.8) is 0 Å². The van der Waals surface area contributed by atoms with E-state index < -0.39 is 11.6 Å². The van der Waals surface area contributed by atoms with Gasteiger partial charge in [0.25, 0.3) is 0 Å². The molecule has 0 aliphatic rings. The van der Waals surface area contributed by atoms with Crippen LogP contribution in [-0.4, -0.2) is 40.0 Å². The lowest BCUT2D eigenvalue weighted by molar-refractivity contribution is 0.143. The third-order valence-corrected chi connectivity index (χ3v) is 5.90. The predicted octanol–water partition coefficient (Wildman–Crippen LogP) is 3.43. The molecule has 39 heavy (non-hydrogen) atoms. The Kier molecular flexibility index (Phi) is 7.86. The molecule has 2 aromatic carbocycles. The summed E-state index contributed by atoms with van der Waals surface area (Å²) in [6.07, 6.45) is 2.62. The largest absolute Gasteiger partial charge is 0.511 e. The Morgan fingerprint density at radius 3 is 2.56 bits per heavy atom. The van der Waals surface area contributed by atoms with Gasteiger partial charge in [-0.2, -0.15) is 4.98 Å². The number of nitrogen functional groups attached to an aromatic ring is 2. The summed E-state index contributed by atoms with van der Waals surface area (Å²) in [4.78, 5) is 31.9. The number of nitrogens with zero attached hydrogens (tertiary/aromatic N) is 3. The summed E-state index contributed by atoms with van der Waals surface area (Å²) in [6, 6.07) is 8.78. The van der Waals surface area contributed by atoms with Crippen molar-refractivity contribution >= 4 is 28.8 Å². The third kappa shape index (κ3) is 5.86. The molecule has 0 radical (unpaired) electrons. The monoisotopic (exact) mass is 529 g/mol. The minimum atomic E-state index is -1.55. The van der Waals surface area contributed by atoms with Gasteiger partial charge in [0.05, 0.1) is 31.5 Å². The van der Waals surface area contributed by atoms with Crippen molar-refractivity contribution in [2.24, 2.45) is 0 Å². The maximum atomic E-state index is 12.8. The molecule has 200 valence electrons. The van der Waals surface area contributed by atoms with E-state index in [0.717, 1.165) is 12.0 Å². The van der Waals surface area contributed by atoms with Gasteiger partial charge in [0, 0.05) is 35.7 Å². The van der Waals surface area contributed by atoms with Gasteiger partial charge >= 0.3 is 6.16 Å². The van der Waals surface area contributed by atoms with Crippen molar-refractivity contribution in [1.82, 2.24) is 14.5 Å². The lowest BCUT2D eigenvalue weighted by atomic mass is 10.0. The zero-order valence-corrected chi connectivity index (χ0v) is 21.6. The standard InChI is InChI=1S/C28H27N5O6/c1-4-9-33-15-23(39-28(35)36)24(34)20-8-6-16(12-21(20)33)5-7-18-10-17(13-22(37-2)25(18)38-3)11-19-14-31-27(30)32-26(19)29/h6,8,10,12-15H,4,9,11H2,1-3H3,(H,35,36)(H4,29,30,31,32). The van der Waals surface area contributed by atoms with Crippen molar-refractivity contribution in [2.75, 3.05) is 25.7 Å². The van der Waals surface area contributed by atoms with Gasteiger partial charge < -0.3 is 35.4 Å². The number of methoxy groups -OCH3 is 2. The average molecular weight is 530 g/mol. The Bertz CT molecular complexity index is 1690. The molecule has 0 atom stereocenters. The third-order valence-electron chi connectivity index (χ3n) is 5.90. The molecular formula is C28H27N5O6. The van der Waals surface area contributed by atoms with E-state index in [4.69, 9.17) is 30.8 Å². The fourth-order valence-corrected chi connectivity index (χ4v) is 4.18. The quantitative estimate of drug-likeness (QED) is 0.238. The minimum absolute atomic E-state index is 0.0977. The fraction of sp³-hybridized carbons (Fsp3) is 0.214. The fourth-order valence-electron chi connectivity index (χ4n) is 4.18. The van der Waals surface area contributed by atoms with Crippen LogP contribution in [0.25, 0.3) is 10.9 Å². The Morgan fingerprint density at radius 2 is 1.90 bits per heavy atom. The number of pyridine rings is 1. The van der Waals surface area contributed by atoms with Gasteiger partial charge in [-0.05, 0) is 42.3 Å². The molecule has 4 rings (SSSR count). The molecule has 0 aliphatic heterocycles. The number of carbonyl (C=O) groups is 1. The van der Waals surface area contributed by atoms with Crippen LogP contribution in [0.3, 0.4) is 0 Å². The molecule has 0 bridgehead atoms. The lowest BCUT2D eigenvalue weighted by Gasteiger charge is -2.13. The zero-order valence-electron chi connectivity index (χ0n) is 21.6. The normalized spacial score (nSPS) is 10.5. The van der Waals surface area contributed by atoms with Gasteiger partial charge in [-0.25, -0.2) is 9.78 Å². The SMILES string of the molecule is CCCn1cc(OC(=O)O)c(=O)c2ccc(C#Cc3cc(Cc4cnc(N)nc4N)cc(OC)c3OC)cc21. The van der Waals surface area contributed by atoms with E-state index in [1.807, 2.05) is 19.1 Å². The van der Waals surface area contributed by atoms with Crippen molar-refractivity contribution in [3.8, 4) is 29.1 Å². The summed E-state index contributed by atoms with van der Waals surface area (Å²) in [5.41, 5.74) is 14.5. The maximum Gasteiger partial charge on any atom is 0.511 e. The Hall–Kier alpha value is -5.24. The van der Waals surface area contributed by atoms with E-state index >= 15 is 0 Å². The van der Waals surface area contributed by atoms with Crippen molar-refractivity contribution in [1.29, 1.82) is 0 Å². The molecule has 2 aromatic heterocycles. The second-order valence-corrected chi connectivity index (χ2v) is 8.56. The van der Waals surface area contributed by atoms with Crippen molar-refractivity contribution in [2.45, 2.75) is 26.3 Å². The van der Waals surface area contributed by atoms with Crippen LogP contribution in [0.5, 0.6) is 17.2 Å². The first-order valence-corrected chi connectivity index (χ1v) is 12.0. The van der Waals surface area contributed by atoms with Gasteiger partial charge in [-0.1, -0.05) is 18.8 Å². The number of anilines is 2. The van der Waals surface area contributed by atoms with Gasteiger partial charge in [-0.15, -0.1) is 0 Å². The van der Waals surface area contributed by atoms with Crippen LogP contribution in [0.4, 0.5) is 16.6 Å². The Morgan fingerprint density at radius 1 is 1.10 bits per heavy atom. The molecule has 4 aromatic rings. The average Bonchev–Trinajstić information content (AvgIpc) is 2.91. The van der Waals surface area contributed by atoms with Crippen LogP contribution in [0.1, 0.15) is 35.6 Å². The van der Waals surface area contributed by atoms with Gasteiger partial charge in [0.15, 0.2) is 17.2 Å². The van der Waals surface area contributed by atoms with Gasteiger partial charge in [-0.3, -0.25) is 4.79 Å². The molecule has 0 unspecified atom stereocenters. The first kappa shape index (κ1) is 26.8. The first-order chi connectivity index (χ1) is 18.7. The number of aromatic nitrogens is 3. The van der Waals surface area contributed by atoms with Crippen LogP contribution in [0, 0.1) is 11.8 Å². The topological polar surface area (TPSA) is 165 Å². The number of hydrogen-bond donors (Lipinski definition) is 3.